The third kappa shape index (κ3) is 5.72. The number of thioether (sulfide) groups is 1. The van der Waals surface area contributed by atoms with E-state index in [1.807, 2.05) is 24.3 Å². The fourth-order valence-corrected chi connectivity index (χ4v) is 2.09. The maximum Gasteiger partial charge on any atom is 0.303 e. The molecule has 1 aromatic rings. The van der Waals surface area contributed by atoms with Gasteiger partial charge in [-0.1, -0.05) is 6.92 Å². The second kappa shape index (κ2) is 7.76. The first-order valence-electron chi connectivity index (χ1n) is 5.86. The average molecular weight is 267 g/mol. The number of nitrogens with one attached hydrogen (secondary N) is 1. The van der Waals surface area contributed by atoms with Crippen LogP contribution in [0, 0.1) is 0 Å². The van der Waals surface area contributed by atoms with Crippen molar-refractivity contribution in [3.05, 3.63) is 24.3 Å². The molecule has 0 atom stereocenters. The molecule has 1 amide bonds. The van der Waals surface area contributed by atoms with E-state index >= 15 is 0 Å². The largest absolute Gasteiger partial charge is 0.481 e. The number of carbonyl (C=O) groups is 2. The maximum atomic E-state index is 11.5. The van der Waals surface area contributed by atoms with Crippen LogP contribution in [0.1, 0.15) is 26.2 Å². The van der Waals surface area contributed by atoms with E-state index in [0.29, 0.717) is 6.42 Å². The summed E-state index contributed by atoms with van der Waals surface area (Å²) in [7, 11) is 0. The maximum absolute atomic E-state index is 11.5. The summed E-state index contributed by atoms with van der Waals surface area (Å²) in [5, 5.41) is 11.2. The molecule has 0 aliphatic carbocycles. The smallest absolute Gasteiger partial charge is 0.303 e. The number of rotatable bonds is 7. The molecule has 0 fully saturated rings. The van der Waals surface area contributed by atoms with Crippen LogP contribution in [0.2, 0.25) is 0 Å². The highest BCUT2D eigenvalue weighted by Gasteiger charge is 2.04. The normalized spacial score (nSPS) is 10.1. The van der Waals surface area contributed by atoms with Gasteiger partial charge in [0.05, 0.1) is 0 Å². The molecule has 1 rings (SSSR count). The number of hydrogen-bond donors (Lipinski definition) is 2. The highest BCUT2D eigenvalue weighted by molar-refractivity contribution is 7.99. The van der Waals surface area contributed by atoms with E-state index in [0.717, 1.165) is 11.4 Å². The summed E-state index contributed by atoms with van der Waals surface area (Å²) in [5.41, 5.74) is 0.746. The molecular formula is C13H17NO3S. The molecule has 5 heteroatoms. The van der Waals surface area contributed by atoms with E-state index in [4.69, 9.17) is 5.11 Å². The zero-order chi connectivity index (χ0) is 13.4. The van der Waals surface area contributed by atoms with Gasteiger partial charge >= 0.3 is 5.97 Å². The van der Waals surface area contributed by atoms with E-state index in [-0.39, 0.29) is 18.7 Å². The first-order chi connectivity index (χ1) is 8.61. The van der Waals surface area contributed by atoms with Crippen molar-refractivity contribution in [3.63, 3.8) is 0 Å². The van der Waals surface area contributed by atoms with Crippen molar-refractivity contribution < 1.29 is 14.7 Å². The fraction of sp³-hybridized carbons (Fsp3) is 0.385. The Balaban J connectivity index is 2.37. The molecule has 0 heterocycles. The summed E-state index contributed by atoms with van der Waals surface area (Å²) in [6, 6.07) is 7.63. The van der Waals surface area contributed by atoms with Crippen LogP contribution in [0.15, 0.2) is 29.2 Å². The molecule has 98 valence electrons. The molecule has 0 aliphatic rings. The van der Waals surface area contributed by atoms with Crippen LogP contribution in [0.25, 0.3) is 0 Å². The summed E-state index contributed by atoms with van der Waals surface area (Å²) in [5.74, 6) is -0.00292. The summed E-state index contributed by atoms with van der Waals surface area (Å²) in [4.78, 5) is 23.0. The molecule has 0 unspecified atom stereocenters. The van der Waals surface area contributed by atoms with Crippen molar-refractivity contribution in [2.45, 2.75) is 31.1 Å². The molecule has 0 bridgehead atoms. The first kappa shape index (κ1) is 14.6. The average Bonchev–Trinajstić information content (AvgIpc) is 2.31. The molecule has 4 nitrogen and oxygen atoms in total. The predicted molar refractivity (Wildman–Crippen MR) is 73.0 cm³/mol. The van der Waals surface area contributed by atoms with Crippen LogP contribution in [0.4, 0.5) is 5.69 Å². The van der Waals surface area contributed by atoms with Gasteiger partial charge in [0.2, 0.25) is 5.91 Å². The van der Waals surface area contributed by atoms with Crippen LogP contribution < -0.4 is 5.32 Å². The van der Waals surface area contributed by atoms with Gasteiger partial charge in [0, 0.05) is 23.4 Å². The predicted octanol–water partition coefficient (Wildman–Crippen LogP) is 2.99. The SMILES string of the molecule is CCSc1ccc(NC(=O)CCCC(=O)O)cc1. The van der Waals surface area contributed by atoms with Gasteiger partial charge < -0.3 is 10.4 Å². The molecule has 0 radical (unpaired) electrons. The van der Waals surface area contributed by atoms with Crippen molar-refractivity contribution in [2.75, 3.05) is 11.1 Å². The third-order valence-electron chi connectivity index (χ3n) is 2.24. The Morgan fingerprint density at radius 1 is 1.22 bits per heavy atom. The quantitative estimate of drug-likeness (QED) is 0.745. The molecule has 18 heavy (non-hydrogen) atoms. The van der Waals surface area contributed by atoms with Gasteiger partial charge in [-0.05, 0) is 36.4 Å². The Morgan fingerprint density at radius 2 is 1.89 bits per heavy atom. The lowest BCUT2D eigenvalue weighted by atomic mass is 10.2. The van der Waals surface area contributed by atoms with E-state index < -0.39 is 5.97 Å². The molecule has 0 saturated heterocycles. The zero-order valence-electron chi connectivity index (χ0n) is 10.3. The summed E-state index contributed by atoms with van der Waals surface area (Å²) in [6.45, 7) is 2.09. The summed E-state index contributed by atoms with van der Waals surface area (Å²) in [6.07, 6.45) is 0.627. The van der Waals surface area contributed by atoms with E-state index in [9.17, 15) is 9.59 Å². The van der Waals surface area contributed by atoms with Gasteiger partial charge in [0.25, 0.3) is 0 Å². The zero-order valence-corrected chi connectivity index (χ0v) is 11.1. The Hall–Kier alpha value is -1.49. The lowest BCUT2D eigenvalue weighted by Gasteiger charge is -2.05. The topological polar surface area (TPSA) is 66.4 Å². The standard InChI is InChI=1S/C13H17NO3S/c1-2-18-11-8-6-10(7-9-11)14-12(15)4-3-5-13(16)17/h6-9H,2-5H2,1H3,(H,14,15)(H,16,17). The van der Waals surface area contributed by atoms with Crippen molar-refractivity contribution in [2.24, 2.45) is 0 Å². The lowest BCUT2D eigenvalue weighted by Crippen LogP contribution is -2.11. The molecule has 0 aliphatic heterocycles. The minimum Gasteiger partial charge on any atom is -0.481 e. The van der Waals surface area contributed by atoms with Crippen LogP contribution in [0.3, 0.4) is 0 Å². The minimum absolute atomic E-state index is 0.0273. The lowest BCUT2D eigenvalue weighted by molar-refractivity contribution is -0.137. The molecule has 0 aromatic heterocycles. The number of hydrogen-bond acceptors (Lipinski definition) is 3. The molecular weight excluding hydrogens is 250 g/mol. The molecule has 2 N–H and O–H groups in total. The summed E-state index contributed by atoms with van der Waals surface area (Å²) < 4.78 is 0. The number of benzene rings is 1. The van der Waals surface area contributed by atoms with Gasteiger partial charge in [0.1, 0.15) is 0 Å². The van der Waals surface area contributed by atoms with E-state index in [1.165, 1.54) is 4.90 Å². The van der Waals surface area contributed by atoms with Crippen LogP contribution >= 0.6 is 11.8 Å². The van der Waals surface area contributed by atoms with Crippen LogP contribution in [-0.2, 0) is 9.59 Å². The minimum atomic E-state index is -0.872. The number of amides is 1. The molecule has 1 aromatic carbocycles. The molecule has 0 spiro atoms. The van der Waals surface area contributed by atoms with Crippen molar-refractivity contribution >= 4 is 29.3 Å². The van der Waals surface area contributed by atoms with Crippen LogP contribution in [0.5, 0.6) is 0 Å². The number of carboxylic acid groups (broad SMARTS) is 1. The van der Waals surface area contributed by atoms with Crippen molar-refractivity contribution in [1.29, 1.82) is 0 Å². The Morgan fingerprint density at radius 3 is 2.44 bits per heavy atom. The fourth-order valence-electron chi connectivity index (χ4n) is 1.42. The number of carbonyl (C=O) groups excluding carboxylic acids is 1. The Bertz CT molecular complexity index is 403. The second-order valence-electron chi connectivity index (χ2n) is 3.75. The number of carboxylic acids is 1. The third-order valence-corrected chi connectivity index (χ3v) is 3.14. The Kier molecular flexibility index (Phi) is 6.28. The highest BCUT2D eigenvalue weighted by atomic mass is 32.2. The van der Waals surface area contributed by atoms with Gasteiger partial charge in [-0.3, -0.25) is 9.59 Å². The monoisotopic (exact) mass is 267 g/mol. The number of anilines is 1. The van der Waals surface area contributed by atoms with Gasteiger partial charge in [-0.2, -0.15) is 0 Å². The number of aliphatic carboxylic acids is 1. The van der Waals surface area contributed by atoms with Crippen molar-refractivity contribution in [3.8, 4) is 0 Å². The first-order valence-corrected chi connectivity index (χ1v) is 6.85. The summed E-state index contributed by atoms with van der Waals surface area (Å²) >= 11 is 1.74. The van der Waals surface area contributed by atoms with E-state index in [2.05, 4.69) is 12.2 Å². The highest BCUT2D eigenvalue weighted by Crippen LogP contribution is 2.19. The van der Waals surface area contributed by atoms with Gasteiger partial charge in [-0.15, -0.1) is 11.8 Å². The van der Waals surface area contributed by atoms with Gasteiger partial charge in [0.15, 0.2) is 0 Å². The van der Waals surface area contributed by atoms with Crippen molar-refractivity contribution in [1.82, 2.24) is 0 Å². The van der Waals surface area contributed by atoms with Gasteiger partial charge in [-0.25, -0.2) is 0 Å². The van der Waals surface area contributed by atoms with Crippen LogP contribution in [-0.4, -0.2) is 22.7 Å². The van der Waals surface area contributed by atoms with E-state index in [1.54, 1.807) is 11.8 Å². The molecule has 0 saturated carbocycles. The second-order valence-corrected chi connectivity index (χ2v) is 5.09. The Labute approximate surface area is 111 Å².